The fraction of sp³-hybridized carbons (Fsp3) is 1.00. The standard InChI is InChI=1S/C11H14S4/c1-10-6-4-3-5-7(6)11(2,15-10)14-9(5)12-8(4)13-10/h4-9H,3H2,1-2H3/t4-,5+,6-,7-,8+,9-,10+,11-/m1/s1. The number of hydrogen-bond acceptors (Lipinski definition) is 4. The molecule has 0 N–H and O–H groups in total. The molecule has 0 aromatic rings. The van der Waals surface area contributed by atoms with Crippen molar-refractivity contribution < 1.29 is 0 Å². The van der Waals surface area contributed by atoms with Gasteiger partial charge in [0.25, 0.3) is 0 Å². The first-order chi connectivity index (χ1) is 7.11. The van der Waals surface area contributed by atoms with Gasteiger partial charge in [0, 0.05) is 0 Å². The molecule has 0 radical (unpaired) electrons. The lowest BCUT2D eigenvalue weighted by molar-refractivity contribution is 0.322. The molecule has 5 rings (SSSR count). The summed E-state index contributed by atoms with van der Waals surface area (Å²) in [6.45, 7) is 5.10. The van der Waals surface area contributed by atoms with Gasteiger partial charge in [0.15, 0.2) is 0 Å². The van der Waals surface area contributed by atoms with Crippen molar-refractivity contribution in [3.8, 4) is 0 Å². The first-order valence-corrected chi connectivity index (χ1v) is 9.34. The second-order valence-corrected chi connectivity index (χ2v) is 13.3. The normalized spacial score (nSPS) is 77.2. The third-order valence-electron chi connectivity index (χ3n) is 5.14. The predicted molar refractivity (Wildman–Crippen MR) is 73.3 cm³/mol. The molecule has 5 fully saturated rings. The van der Waals surface area contributed by atoms with Crippen LogP contribution in [0.1, 0.15) is 20.3 Å². The molecule has 0 aromatic carbocycles. The fourth-order valence-electron chi connectivity index (χ4n) is 4.90. The van der Waals surface area contributed by atoms with Gasteiger partial charge < -0.3 is 0 Å². The van der Waals surface area contributed by atoms with Crippen molar-refractivity contribution in [2.45, 2.75) is 37.6 Å². The number of hydrogen-bond donors (Lipinski definition) is 0. The summed E-state index contributed by atoms with van der Waals surface area (Å²) in [4.78, 5) is 0. The maximum absolute atomic E-state index is 2.55. The van der Waals surface area contributed by atoms with Crippen molar-refractivity contribution >= 4 is 47.0 Å². The van der Waals surface area contributed by atoms with Gasteiger partial charge in [-0.2, -0.15) is 0 Å². The molecule has 15 heavy (non-hydrogen) atoms. The average Bonchev–Trinajstić information content (AvgIpc) is 2.70. The molecule has 0 unspecified atom stereocenters. The van der Waals surface area contributed by atoms with Crippen LogP contribution >= 0.6 is 47.0 Å². The van der Waals surface area contributed by atoms with Crippen LogP contribution in [0.3, 0.4) is 0 Å². The molecule has 1 aliphatic carbocycles. The van der Waals surface area contributed by atoms with Gasteiger partial charge in [0.1, 0.15) is 0 Å². The summed E-state index contributed by atoms with van der Waals surface area (Å²) in [6, 6.07) is 0. The lowest BCUT2D eigenvalue weighted by atomic mass is 9.84. The van der Waals surface area contributed by atoms with Crippen LogP contribution in [0.15, 0.2) is 0 Å². The van der Waals surface area contributed by atoms with Gasteiger partial charge in [-0.15, -0.1) is 47.0 Å². The minimum Gasteiger partial charge on any atom is -0.133 e. The Morgan fingerprint density at radius 3 is 2.00 bits per heavy atom. The average molecular weight is 275 g/mol. The number of rotatable bonds is 0. The minimum atomic E-state index is 0.578. The van der Waals surface area contributed by atoms with E-state index in [-0.39, 0.29) is 0 Å². The van der Waals surface area contributed by atoms with Gasteiger partial charge in [-0.3, -0.25) is 0 Å². The van der Waals surface area contributed by atoms with Crippen molar-refractivity contribution in [1.29, 1.82) is 0 Å². The Bertz CT molecular complexity index is 340. The Balaban J connectivity index is 1.80. The highest BCUT2D eigenvalue weighted by Crippen LogP contribution is 2.86. The lowest BCUT2D eigenvalue weighted by Gasteiger charge is -2.33. The van der Waals surface area contributed by atoms with Crippen molar-refractivity contribution in [3.05, 3.63) is 0 Å². The van der Waals surface area contributed by atoms with Crippen molar-refractivity contribution in [3.63, 3.8) is 0 Å². The van der Waals surface area contributed by atoms with Gasteiger partial charge >= 0.3 is 0 Å². The highest BCUT2D eigenvalue weighted by Gasteiger charge is 2.77. The smallest absolute Gasteiger partial charge is 0.0643 e. The molecule has 0 amide bonds. The monoisotopic (exact) mass is 274 g/mol. The summed E-state index contributed by atoms with van der Waals surface area (Å²) < 4.78 is 3.07. The van der Waals surface area contributed by atoms with Crippen LogP contribution in [0.4, 0.5) is 0 Å². The maximum Gasteiger partial charge on any atom is 0.0643 e. The highest BCUT2D eigenvalue weighted by molar-refractivity contribution is 8.35. The molecule has 4 heterocycles. The third-order valence-corrected chi connectivity index (χ3v) is 12.7. The molecule has 82 valence electrons. The van der Waals surface area contributed by atoms with E-state index in [2.05, 4.69) is 60.9 Å². The SMILES string of the molecule is C[C@@]12S[C@H]3S[C@H]4S[C@@](C)(S1)[C@@H]1[C@H]4C[C@H]3[C@H]12. The predicted octanol–water partition coefficient (Wildman–Crippen LogP) is 3.93. The zero-order valence-electron chi connectivity index (χ0n) is 8.80. The molecule has 0 aromatic heterocycles. The van der Waals surface area contributed by atoms with Crippen molar-refractivity contribution in [2.75, 3.05) is 0 Å². The summed E-state index contributed by atoms with van der Waals surface area (Å²) in [6.07, 6.45) is 1.57. The van der Waals surface area contributed by atoms with Crippen LogP contribution in [0.25, 0.3) is 0 Å². The topological polar surface area (TPSA) is 0 Å². The van der Waals surface area contributed by atoms with Crippen LogP contribution < -0.4 is 0 Å². The van der Waals surface area contributed by atoms with E-state index >= 15 is 0 Å². The van der Waals surface area contributed by atoms with E-state index in [1.54, 1.807) is 6.42 Å². The molecule has 0 spiro atoms. The molecule has 4 heteroatoms. The maximum atomic E-state index is 2.55. The second kappa shape index (κ2) is 2.41. The molecule has 4 saturated heterocycles. The van der Waals surface area contributed by atoms with Gasteiger partial charge in [-0.25, -0.2) is 0 Å². The van der Waals surface area contributed by atoms with Gasteiger partial charge in [0.2, 0.25) is 0 Å². The summed E-state index contributed by atoms with van der Waals surface area (Å²) in [5.74, 6) is 4.26. The van der Waals surface area contributed by atoms with E-state index in [4.69, 9.17) is 0 Å². The summed E-state index contributed by atoms with van der Waals surface area (Å²) in [5, 5.41) is 0. The molecule has 4 aliphatic heterocycles. The van der Waals surface area contributed by atoms with Gasteiger partial charge in [-0.05, 0) is 43.9 Å². The van der Waals surface area contributed by atoms with Crippen LogP contribution in [-0.2, 0) is 0 Å². The second-order valence-electron chi connectivity index (χ2n) is 5.86. The molecule has 8 atom stereocenters. The third kappa shape index (κ3) is 0.839. The molecule has 5 aliphatic rings. The Morgan fingerprint density at radius 2 is 1.47 bits per heavy atom. The number of thioether (sulfide) groups is 4. The van der Waals surface area contributed by atoms with E-state index in [0.717, 1.165) is 32.8 Å². The van der Waals surface area contributed by atoms with E-state index in [0.29, 0.717) is 8.16 Å². The Morgan fingerprint density at radius 1 is 0.933 bits per heavy atom. The first kappa shape index (κ1) is 9.35. The zero-order valence-corrected chi connectivity index (χ0v) is 12.1. The Labute approximate surface area is 108 Å². The Hall–Kier alpha value is 1.40. The molecule has 1 saturated carbocycles. The van der Waals surface area contributed by atoms with Crippen LogP contribution in [0.5, 0.6) is 0 Å². The summed E-state index contributed by atoms with van der Waals surface area (Å²) >= 11 is 9.33. The summed E-state index contributed by atoms with van der Waals surface area (Å²) in [7, 11) is 0. The molecule has 2 bridgehead atoms. The van der Waals surface area contributed by atoms with Crippen molar-refractivity contribution in [2.24, 2.45) is 23.7 Å². The van der Waals surface area contributed by atoms with E-state index in [1.807, 2.05) is 0 Å². The van der Waals surface area contributed by atoms with Crippen LogP contribution in [0.2, 0.25) is 0 Å². The van der Waals surface area contributed by atoms with Crippen LogP contribution in [-0.4, -0.2) is 17.3 Å². The van der Waals surface area contributed by atoms with Crippen LogP contribution in [0, 0.1) is 23.7 Å². The zero-order chi connectivity index (χ0) is 10.00. The molecule has 0 nitrogen and oxygen atoms in total. The molecular formula is C11H14S4. The molecular weight excluding hydrogens is 260 g/mol. The minimum absolute atomic E-state index is 0.578. The Kier molecular flexibility index (Phi) is 1.50. The fourth-order valence-corrected chi connectivity index (χ4v) is 15.8. The van der Waals surface area contributed by atoms with E-state index in [9.17, 15) is 0 Å². The van der Waals surface area contributed by atoms with E-state index < -0.39 is 0 Å². The first-order valence-electron chi connectivity index (χ1n) is 5.82. The van der Waals surface area contributed by atoms with E-state index in [1.165, 1.54) is 0 Å². The summed E-state index contributed by atoms with van der Waals surface area (Å²) in [5.41, 5.74) is 0. The highest BCUT2D eigenvalue weighted by atomic mass is 32.3. The van der Waals surface area contributed by atoms with Gasteiger partial charge in [-0.1, -0.05) is 0 Å². The largest absolute Gasteiger partial charge is 0.133 e. The van der Waals surface area contributed by atoms with Crippen molar-refractivity contribution in [1.82, 2.24) is 0 Å². The quantitative estimate of drug-likeness (QED) is 0.656. The lowest BCUT2D eigenvalue weighted by Crippen LogP contribution is -2.25. The van der Waals surface area contributed by atoms with Gasteiger partial charge in [0.05, 0.1) is 17.3 Å².